The molecular formula is C25H40O2S. The topological polar surface area (TPSA) is 34.1 Å². The summed E-state index contributed by atoms with van der Waals surface area (Å²) in [6, 6.07) is 8.37. The van der Waals surface area contributed by atoms with Gasteiger partial charge in [-0.1, -0.05) is 75.6 Å². The number of hydrogen-bond donors (Lipinski definition) is 0. The Hall–Kier alpha value is -0.830. The molecule has 0 heterocycles. The smallest absolute Gasteiger partial charge is 0.159 e. The molecule has 2 nitrogen and oxygen atoms in total. The fraction of sp³-hybridized carbons (Fsp3) is 0.760. The van der Waals surface area contributed by atoms with Crippen molar-refractivity contribution in [3.05, 3.63) is 35.4 Å². The predicted molar refractivity (Wildman–Crippen MR) is 119 cm³/mol. The monoisotopic (exact) mass is 404 g/mol. The molecular weight excluding hydrogens is 364 g/mol. The Kier molecular flexibility index (Phi) is 7.28. The highest BCUT2D eigenvalue weighted by molar-refractivity contribution is 7.91. The molecule has 1 aromatic rings. The third-order valence-electron chi connectivity index (χ3n) is 7.34. The van der Waals surface area contributed by atoms with Crippen LogP contribution in [0.3, 0.4) is 0 Å². The zero-order valence-corrected chi connectivity index (χ0v) is 19.1. The quantitative estimate of drug-likeness (QED) is 0.527. The van der Waals surface area contributed by atoms with Crippen molar-refractivity contribution in [1.29, 1.82) is 0 Å². The van der Waals surface area contributed by atoms with E-state index in [9.17, 15) is 8.42 Å². The van der Waals surface area contributed by atoms with E-state index >= 15 is 0 Å². The Labute approximate surface area is 173 Å². The molecule has 2 aliphatic rings. The first-order valence-corrected chi connectivity index (χ1v) is 13.2. The molecule has 0 aliphatic heterocycles. The van der Waals surface area contributed by atoms with Crippen LogP contribution in [-0.2, 0) is 22.0 Å². The van der Waals surface area contributed by atoms with Crippen LogP contribution in [0.4, 0.5) is 0 Å². The van der Waals surface area contributed by atoms with Gasteiger partial charge in [-0.3, -0.25) is 0 Å². The molecule has 0 aromatic heterocycles. The van der Waals surface area contributed by atoms with E-state index < -0.39 is 14.6 Å². The molecule has 3 rings (SSSR count). The van der Waals surface area contributed by atoms with E-state index in [0.717, 1.165) is 29.7 Å². The fourth-order valence-corrected chi connectivity index (χ4v) is 6.43. The highest BCUT2D eigenvalue weighted by Crippen LogP contribution is 2.43. The second-order valence-corrected chi connectivity index (χ2v) is 13.1. The number of sulfone groups is 1. The van der Waals surface area contributed by atoms with Crippen LogP contribution >= 0.6 is 0 Å². The van der Waals surface area contributed by atoms with Gasteiger partial charge in [0.05, 0.1) is 10.5 Å². The van der Waals surface area contributed by atoms with E-state index in [1.807, 2.05) is 12.1 Å². The Morgan fingerprint density at radius 1 is 0.821 bits per heavy atom. The summed E-state index contributed by atoms with van der Waals surface area (Å²) in [6.45, 7) is 5.34. The van der Waals surface area contributed by atoms with Gasteiger partial charge >= 0.3 is 0 Å². The van der Waals surface area contributed by atoms with Crippen molar-refractivity contribution < 1.29 is 8.42 Å². The zero-order valence-electron chi connectivity index (χ0n) is 18.3. The van der Waals surface area contributed by atoms with Crippen LogP contribution in [0, 0.1) is 17.8 Å². The minimum atomic E-state index is -3.11. The average molecular weight is 405 g/mol. The second-order valence-electron chi connectivity index (χ2n) is 10.3. The van der Waals surface area contributed by atoms with Gasteiger partial charge in [-0.15, -0.1) is 0 Å². The van der Waals surface area contributed by atoms with Gasteiger partial charge in [-0.05, 0) is 68.9 Å². The van der Waals surface area contributed by atoms with Crippen molar-refractivity contribution in [3.8, 4) is 0 Å². The SMILES string of the molecule is CC(C)(C)S(=O)(=O)Cc1ccc(CCC2CCCCC2C2CCCCC2)cc1. The molecule has 0 N–H and O–H groups in total. The van der Waals surface area contributed by atoms with E-state index in [1.54, 1.807) is 20.8 Å². The second kappa shape index (κ2) is 9.32. The molecule has 0 spiro atoms. The average Bonchev–Trinajstić information content (AvgIpc) is 2.67. The van der Waals surface area contributed by atoms with Gasteiger partial charge in [0.25, 0.3) is 0 Å². The Balaban J connectivity index is 1.56. The van der Waals surface area contributed by atoms with Crippen molar-refractivity contribution in [2.24, 2.45) is 17.8 Å². The third kappa shape index (κ3) is 5.62. The molecule has 2 atom stereocenters. The fourth-order valence-electron chi connectivity index (χ4n) is 5.37. The molecule has 0 radical (unpaired) electrons. The lowest BCUT2D eigenvalue weighted by Gasteiger charge is -2.39. The van der Waals surface area contributed by atoms with Crippen LogP contribution in [0.1, 0.15) is 96.1 Å². The molecule has 3 heteroatoms. The standard InChI is InChI=1S/C25H40O2S/c1-25(2,3)28(26,27)19-21-15-13-20(14-16-21)17-18-23-11-7-8-12-24(23)22-9-5-4-6-10-22/h13-16,22-24H,4-12,17-19H2,1-3H3. The zero-order chi connectivity index (χ0) is 20.2. The summed E-state index contributed by atoms with van der Waals surface area (Å²) in [5, 5.41) is 0. The van der Waals surface area contributed by atoms with Gasteiger partial charge in [0.1, 0.15) is 0 Å². The third-order valence-corrected chi connectivity index (χ3v) is 9.92. The number of benzene rings is 1. The van der Waals surface area contributed by atoms with E-state index in [4.69, 9.17) is 0 Å². The van der Waals surface area contributed by atoms with E-state index in [1.165, 1.54) is 69.8 Å². The summed E-state index contributed by atoms with van der Waals surface area (Å²) < 4.78 is 24.2. The first-order valence-electron chi connectivity index (χ1n) is 11.6. The summed E-state index contributed by atoms with van der Waals surface area (Å²) in [7, 11) is -3.11. The molecule has 0 amide bonds. The van der Waals surface area contributed by atoms with Crippen LogP contribution in [0.25, 0.3) is 0 Å². The minimum Gasteiger partial charge on any atom is -0.228 e. The number of hydrogen-bond acceptors (Lipinski definition) is 2. The molecule has 28 heavy (non-hydrogen) atoms. The van der Waals surface area contributed by atoms with E-state index in [-0.39, 0.29) is 5.75 Å². The molecule has 2 aliphatic carbocycles. The van der Waals surface area contributed by atoms with Gasteiger partial charge in [0.15, 0.2) is 9.84 Å². The van der Waals surface area contributed by atoms with Gasteiger partial charge in [-0.2, -0.15) is 0 Å². The summed E-state index contributed by atoms with van der Waals surface area (Å²) >= 11 is 0. The Morgan fingerprint density at radius 2 is 1.39 bits per heavy atom. The summed E-state index contributed by atoms with van der Waals surface area (Å²) in [5.74, 6) is 3.00. The van der Waals surface area contributed by atoms with Gasteiger partial charge in [-0.25, -0.2) is 8.42 Å². The van der Waals surface area contributed by atoms with Gasteiger partial charge in [0.2, 0.25) is 0 Å². The van der Waals surface area contributed by atoms with Crippen molar-refractivity contribution in [1.82, 2.24) is 0 Å². The maximum atomic E-state index is 12.4. The molecule has 1 aromatic carbocycles. The molecule has 0 saturated heterocycles. The van der Waals surface area contributed by atoms with Crippen LogP contribution in [0.2, 0.25) is 0 Å². The van der Waals surface area contributed by atoms with Gasteiger partial charge in [0, 0.05) is 0 Å². The number of aryl methyl sites for hydroxylation is 1. The van der Waals surface area contributed by atoms with Gasteiger partial charge < -0.3 is 0 Å². The summed E-state index contributed by atoms with van der Waals surface area (Å²) in [5.41, 5.74) is 2.28. The van der Waals surface area contributed by atoms with E-state index in [0.29, 0.717) is 0 Å². The lowest BCUT2D eigenvalue weighted by Crippen LogP contribution is -2.29. The van der Waals surface area contributed by atoms with Crippen molar-refractivity contribution in [3.63, 3.8) is 0 Å². The van der Waals surface area contributed by atoms with E-state index in [2.05, 4.69) is 12.1 Å². The van der Waals surface area contributed by atoms with Crippen molar-refractivity contribution in [2.75, 3.05) is 0 Å². The first kappa shape index (κ1) is 21.9. The first-order chi connectivity index (χ1) is 13.3. The maximum Gasteiger partial charge on any atom is 0.159 e. The highest BCUT2D eigenvalue weighted by atomic mass is 32.2. The Bertz CT molecular complexity index is 706. The summed E-state index contributed by atoms with van der Waals surface area (Å²) in [4.78, 5) is 0. The van der Waals surface area contributed by atoms with Crippen LogP contribution in [0.15, 0.2) is 24.3 Å². The summed E-state index contributed by atoms with van der Waals surface area (Å²) in [6.07, 6.45) is 15.5. The molecule has 2 saturated carbocycles. The maximum absolute atomic E-state index is 12.4. The molecule has 2 fully saturated rings. The molecule has 0 bridgehead atoms. The van der Waals surface area contributed by atoms with Crippen LogP contribution < -0.4 is 0 Å². The van der Waals surface area contributed by atoms with Crippen LogP contribution in [-0.4, -0.2) is 13.2 Å². The van der Waals surface area contributed by atoms with Crippen molar-refractivity contribution in [2.45, 2.75) is 102 Å². The van der Waals surface area contributed by atoms with Crippen LogP contribution in [0.5, 0.6) is 0 Å². The predicted octanol–water partition coefficient (Wildman–Crippen LogP) is 6.72. The molecule has 158 valence electrons. The van der Waals surface area contributed by atoms with Crippen molar-refractivity contribution >= 4 is 9.84 Å². The highest BCUT2D eigenvalue weighted by Gasteiger charge is 2.32. The number of rotatable bonds is 6. The lowest BCUT2D eigenvalue weighted by atomic mass is 9.66. The largest absolute Gasteiger partial charge is 0.228 e. The lowest BCUT2D eigenvalue weighted by molar-refractivity contribution is 0.122. The Morgan fingerprint density at radius 3 is 2.04 bits per heavy atom. The molecule has 2 unspecified atom stereocenters. The normalized spacial score (nSPS) is 25.0. The minimum absolute atomic E-state index is 0.142.